The molecule has 0 aliphatic carbocycles. The fraction of sp³-hybridized carbons (Fsp3) is 0.241. The molecule has 0 N–H and O–H groups in total. The third-order valence-corrected chi connectivity index (χ3v) is 12.6. The zero-order chi connectivity index (χ0) is 42.9. The third-order valence-electron chi connectivity index (χ3n) is 12.6. The van der Waals surface area contributed by atoms with Crippen molar-refractivity contribution >= 4 is 40.1 Å². The van der Waals surface area contributed by atoms with E-state index >= 15 is 0 Å². The lowest BCUT2D eigenvalue weighted by atomic mass is 9.89. The molecule has 7 aromatic carbocycles. The molecule has 3 heteroatoms. The first kappa shape index (κ1) is 42.8. The SMILES string of the molecule is CCN(CC)c1ccc(C(C)c2ccc(N(c3ccc(C=C(c4ccccc4)c4ccccc4)cc3)c3ccc(C(C)c4ccc(N(CC)CC)cc4)c(C)c3)cc2C)cc1. The minimum atomic E-state index is 0.270. The number of nitrogens with zero attached hydrogens (tertiary/aromatic N) is 3. The molecule has 2 atom stereocenters. The first-order valence-corrected chi connectivity index (χ1v) is 22.4. The first-order chi connectivity index (χ1) is 29.7. The van der Waals surface area contributed by atoms with E-state index in [0.29, 0.717) is 0 Å². The lowest BCUT2D eigenvalue weighted by Crippen LogP contribution is -2.21. The average Bonchev–Trinajstić information content (AvgIpc) is 3.30. The van der Waals surface area contributed by atoms with Crippen LogP contribution in [0.4, 0.5) is 28.4 Å². The fourth-order valence-corrected chi connectivity index (χ4v) is 8.96. The second-order valence-corrected chi connectivity index (χ2v) is 16.3. The van der Waals surface area contributed by atoms with E-state index in [9.17, 15) is 0 Å². The summed E-state index contributed by atoms with van der Waals surface area (Å²) in [5.41, 5.74) is 18.7. The Balaban J connectivity index is 1.25. The molecule has 61 heavy (non-hydrogen) atoms. The standard InChI is InChI=1S/C58H63N3/c1-9-59(10-2)51-31-25-47(26-32-51)44(7)56-37-35-54(39-42(56)5)61(55-36-38-57(43(6)40-55)45(8)48-27-33-52(34-28-48)60(11-3)12-4)53-29-23-46(24-30-53)41-58(49-19-15-13-16-20-49)50-21-17-14-18-22-50/h13-41,44-45H,9-12H2,1-8H3. The molecular weight excluding hydrogens is 739 g/mol. The number of aryl methyl sites for hydroxylation is 2. The summed E-state index contributed by atoms with van der Waals surface area (Å²) in [6.07, 6.45) is 2.31. The van der Waals surface area contributed by atoms with Crippen molar-refractivity contribution in [3.63, 3.8) is 0 Å². The molecular formula is C58H63N3. The highest BCUT2D eigenvalue weighted by molar-refractivity contribution is 5.91. The van der Waals surface area contributed by atoms with Crippen LogP contribution in [0, 0.1) is 13.8 Å². The van der Waals surface area contributed by atoms with Crippen molar-refractivity contribution in [3.05, 3.63) is 220 Å². The van der Waals surface area contributed by atoms with Gasteiger partial charge in [-0.15, -0.1) is 0 Å². The maximum atomic E-state index is 2.42. The van der Waals surface area contributed by atoms with Crippen molar-refractivity contribution in [2.75, 3.05) is 40.9 Å². The highest BCUT2D eigenvalue weighted by atomic mass is 15.1. The van der Waals surface area contributed by atoms with Gasteiger partial charge in [0.2, 0.25) is 0 Å². The van der Waals surface area contributed by atoms with Crippen LogP contribution < -0.4 is 14.7 Å². The molecule has 0 amide bonds. The predicted molar refractivity (Wildman–Crippen MR) is 265 cm³/mol. The van der Waals surface area contributed by atoms with Gasteiger partial charge in [-0.05, 0) is 164 Å². The van der Waals surface area contributed by atoms with E-state index in [2.05, 4.69) is 246 Å². The van der Waals surface area contributed by atoms with Gasteiger partial charge in [0.25, 0.3) is 0 Å². The van der Waals surface area contributed by atoms with Crippen LogP contribution in [-0.4, -0.2) is 26.2 Å². The molecule has 0 aromatic heterocycles. The summed E-state index contributed by atoms with van der Waals surface area (Å²) in [5.74, 6) is 0.540. The Kier molecular flexibility index (Phi) is 13.9. The minimum absolute atomic E-state index is 0.270. The number of benzene rings is 7. The molecule has 0 heterocycles. The van der Waals surface area contributed by atoms with E-state index in [1.807, 2.05) is 0 Å². The lowest BCUT2D eigenvalue weighted by Gasteiger charge is -2.28. The summed E-state index contributed by atoms with van der Waals surface area (Å²) in [5, 5.41) is 0. The quantitative estimate of drug-likeness (QED) is 0.0901. The van der Waals surface area contributed by atoms with E-state index in [0.717, 1.165) is 48.8 Å². The van der Waals surface area contributed by atoms with Gasteiger partial charge >= 0.3 is 0 Å². The van der Waals surface area contributed by atoms with Gasteiger partial charge in [-0.25, -0.2) is 0 Å². The van der Waals surface area contributed by atoms with Crippen LogP contribution in [0.2, 0.25) is 0 Å². The summed E-state index contributed by atoms with van der Waals surface area (Å²) in [6, 6.07) is 62.8. The van der Waals surface area contributed by atoms with E-state index in [4.69, 9.17) is 0 Å². The molecule has 0 spiro atoms. The Morgan fingerprint density at radius 2 is 0.787 bits per heavy atom. The van der Waals surface area contributed by atoms with Crippen molar-refractivity contribution in [1.82, 2.24) is 0 Å². The summed E-state index contributed by atoms with van der Waals surface area (Å²) in [6.45, 7) is 22.1. The maximum absolute atomic E-state index is 2.42. The van der Waals surface area contributed by atoms with Gasteiger partial charge in [-0.2, -0.15) is 0 Å². The Morgan fingerprint density at radius 3 is 1.15 bits per heavy atom. The summed E-state index contributed by atoms with van der Waals surface area (Å²) in [7, 11) is 0. The molecule has 0 aliphatic rings. The monoisotopic (exact) mass is 802 g/mol. The van der Waals surface area contributed by atoms with E-state index in [-0.39, 0.29) is 11.8 Å². The predicted octanol–water partition coefficient (Wildman–Crippen LogP) is 15.4. The molecule has 7 aromatic rings. The van der Waals surface area contributed by atoms with Crippen LogP contribution in [0.1, 0.15) is 103 Å². The largest absolute Gasteiger partial charge is 0.372 e. The molecule has 0 bridgehead atoms. The molecule has 0 aliphatic heterocycles. The average molecular weight is 802 g/mol. The first-order valence-electron chi connectivity index (χ1n) is 22.4. The van der Waals surface area contributed by atoms with Gasteiger partial charge < -0.3 is 14.7 Å². The summed E-state index contributed by atoms with van der Waals surface area (Å²) < 4.78 is 0. The number of anilines is 5. The zero-order valence-electron chi connectivity index (χ0n) is 37.6. The molecule has 0 radical (unpaired) electrons. The number of hydrogen-bond donors (Lipinski definition) is 0. The lowest BCUT2D eigenvalue weighted by molar-refractivity contribution is 0.862. The topological polar surface area (TPSA) is 9.72 Å². The molecule has 0 saturated carbocycles. The van der Waals surface area contributed by atoms with Gasteiger partial charge in [-0.1, -0.05) is 123 Å². The van der Waals surface area contributed by atoms with E-state index < -0.39 is 0 Å². The fourth-order valence-electron chi connectivity index (χ4n) is 8.96. The Morgan fingerprint density at radius 1 is 0.426 bits per heavy atom. The zero-order valence-corrected chi connectivity index (χ0v) is 37.6. The third kappa shape index (κ3) is 9.68. The van der Waals surface area contributed by atoms with Gasteiger partial charge in [0.1, 0.15) is 0 Å². The van der Waals surface area contributed by atoms with Crippen molar-refractivity contribution in [2.24, 2.45) is 0 Å². The van der Waals surface area contributed by atoms with Gasteiger partial charge in [0.05, 0.1) is 0 Å². The Hall–Kier alpha value is -6.32. The maximum Gasteiger partial charge on any atom is 0.0464 e. The number of rotatable bonds is 16. The van der Waals surface area contributed by atoms with Gasteiger partial charge in [0, 0.05) is 66.5 Å². The summed E-state index contributed by atoms with van der Waals surface area (Å²) >= 11 is 0. The van der Waals surface area contributed by atoms with Crippen molar-refractivity contribution < 1.29 is 0 Å². The molecule has 310 valence electrons. The normalized spacial score (nSPS) is 12.1. The molecule has 0 saturated heterocycles. The minimum Gasteiger partial charge on any atom is -0.372 e. The second kappa shape index (κ2) is 19.8. The van der Waals surface area contributed by atoms with Gasteiger partial charge in [-0.3, -0.25) is 0 Å². The molecule has 0 fully saturated rings. The van der Waals surface area contributed by atoms with Crippen molar-refractivity contribution in [2.45, 2.75) is 67.2 Å². The van der Waals surface area contributed by atoms with Crippen LogP contribution in [0.5, 0.6) is 0 Å². The van der Waals surface area contributed by atoms with Crippen LogP contribution in [0.15, 0.2) is 170 Å². The van der Waals surface area contributed by atoms with Crippen LogP contribution in [0.25, 0.3) is 11.6 Å². The molecule has 7 rings (SSSR count). The van der Waals surface area contributed by atoms with Crippen molar-refractivity contribution in [3.8, 4) is 0 Å². The van der Waals surface area contributed by atoms with Crippen LogP contribution in [0.3, 0.4) is 0 Å². The highest BCUT2D eigenvalue weighted by Gasteiger charge is 2.20. The van der Waals surface area contributed by atoms with Gasteiger partial charge in [0.15, 0.2) is 0 Å². The molecule has 3 nitrogen and oxygen atoms in total. The Bertz CT molecular complexity index is 2340. The summed E-state index contributed by atoms with van der Waals surface area (Å²) in [4.78, 5) is 7.22. The smallest absolute Gasteiger partial charge is 0.0464 e. The van der Waals surface area contributed by atoms with Crippen LogP contribution >= 0.6 is 0 Å². The van der Waals surface area contributed by atoms with E-state index in [1.165, 1.54) is 61.5 Å². The highest BCUT2D eigenvalue weighted by Crippen LogP contribution is 2.40. The van der Waals surface area contributed by atoms with Crippen molar-refractivity contribution in [1.29, 1.82) is 0 Å². The Labute approximate surface area is 366 Å². The number of hydrogen-bond acceptors (Lipinski definition) is 3. The second-order valence-electron chi connectivity index (χ2n) is 16.3. The van der Waals surface area contributed by atoms with E-state index in [1.54, 1.807) is 0 Å². The van der Waals surface area contributed by atoms with Crippen LogP contribution in [-0.2, 0) is 0 Å². The molecule has 2 unspecified atom stereocenters.